The smallest absolute Gasteiger partial charge is 0.251 e. The summed E-state index contributed by atoms with van der Waals surface area (Å²) in [6.45, 7) is 2.25. The summed E-state index contributed by atoms with van der Waals surface area (Å²) in [6.07, 6.45) is 0. The van der Waals surface area contributed by atoms with Gasteiger partial charge in [0.05, 0.1) is 10.0 Å². The standard InChI is InChI=1S/C8H9BrClN3O/c9-6-5(8(11)14)4-3-12-1-2-13(4)7(6)10/h12H,1-3H2,(H2,11,14). The highest BCUT2D eigenvalue weighted by Gasteiger charge is 2.24. The zero-order valence-corrected chi connectivity index (χ0v) is 9.65. The molecule has 1 aromatic rings. The van der Waals surface area contributed by atoms with Crippen LogP contribution in [-0.2, 0) is 13.1 Å². The minimum absolute atomic E-state index is 0.448. The number of hydrogen-bond donors (Lipinski definition) is 2. The van der Waals surface area contributed by atoms with Gasteiger partial charge >= 0.3 is 0 Å². The third-order valence-electron chi connectivity index (χ3n) is 2.30. The number of aromatic nitrogens is 1. The zero-order chi connectivity index (χ0) is 10.3. The van der Waals surface area contributed by atoms with Crippen LogP contribution in [0.3, 0.4) is 0 Å². The van der Waals surface area contributed by atoms with Crippen LogP contribution in [0, 0.1) is 0 Å². The van der Waals surface area contributed by atoms with Crippen molar-refractivity contribution >= 4 is 33.4 Å². The van der Waals surface area contributed by atoms with Gasteiger partial charge in [-0.25, -0.2) is 0 Å². The summed E-state index contributed by atoms with van der Waals surface area (Å²) in [7, 11) is 0. The summed E-state index contributed by atoms with van der Waals surface area (Å²) in [5.41, 5.74) is 6.63. The molecular formula is C8H9BrClN3O. The number of carbonyl (C=O) groups is 1. The SMILES string of the molecule is NC(=O)c1c(Br)c(Cl)n2c1CNCC2. The number of carbonyl (C=O) groups excluding carboxylic acids is 1. The molecule has 0 saturated carbocycles. The molecule has 0 unspecified atom stereocenters. The zero-order valence-electron chi connectivity index (χ0n) is 7.31. The summed E-state index contributed by atoms with van der Waals surface area (Å²) in [6, 6.07) is 0. The Kier molecular flexibility index (Phi) is 2.55. The molecule has 2 rings (SSSR count). The molecule has 4 nitrogen and oxygen atoms in total. The Labute approximate surface area is 94.5 Å². The molecule has 1 amide bonds. The molecule has 3 N–H and O–H groups in total. The van der Waals surface area contributed by atoms with Crippen molar-refractivity contribution in [1.82, 2.24) is 9.88 Å². The van der Waals surface area contributed by atoms with Gasteiger partial charge in [0.25, 0.3) is 5.91 Å². The van der Waals surface area contributed by atoms with E-state index in [-0.39, 0.29) is 0 Å². The first-order valence-electron chi connectivity index (χ1n) is 4.19. The predicted octanol–water partition coefficient (Wildman–Crippen LogP) is 1.11. The molecule has 76 valence electrons. The molecule has 0 atom stereocenters. The van der Waals surface area contributed by atoms with Crippen LogP contribution in [0.15, 0.2) is 4.47 Å². The highest BCUT2D eigenvalue weighted by molar-refractivity contribution is 9.10. The number of amides is 1. The maximum Gasteiger partial charge on any atom is 0.251 e. The topological polar surface area (TPSA) is 60.1 Å². The molecule has 0 spiro atoms. The molecule has 2 heterocycles. The number of hydrogen-bond acceptors (Lipinski definition) is 2. The van der Waals surface area contributed by atoms with Crippen molar-refractivity contribution in [3.8, 4) is 0 Å². The minimum atomic E-state index is -0.448. The highest BCUT2D eigenvalue weighted by Crippen LogP contribution is 2.33. The molecule has 0 saturated heterocycles. The van der Waals surface area contributed by atoms with Gasteiger partial charge < -0.3 is 15.6 Å². The molecule has 0 aromatic carbocycles. The second-order valence-corrected chi connectivity index (χ2v) is 4.27. The molecule has 0 aliphatic carbocycles. The fraction of sp³-hybridized carbons (Fsp3) is 0.375. The molecule has 1 aliphatic heterocycles. The van der Waals surface area contributed by atoms with E-state index in [1.54, 1.807) is 0 Å². The summed E-state index contributed by atoms with van der Waals surface area (Å²) in [5.74, 6) is -0.448. The van der Waals surface area contributed by atoms with Crippen LogP contribution in [-0.4, -0.2) is 17.0 Å². The average molecular weight is 279 g/mol. The Morgan fingerprint density at radius 2 is 2.36 bits per heavy atom. The van der Waals surface area contributed by atoms with Crippen molar-refractivity contribution in [1.29, 1.82) is 0 Å². The lowest BCUT2D eigenvalue weighted by Crippen LogP contribution is -2.29. The maximum absolute atomic E-state index is 11.2. The quantitative estimate of drug-likeness (QED) is 0.808. The van der Waals surface area contributed by atoms with Gasteiger partial charge in [0.15, 0.2) is 0 Å². The molecule has 1 aliphatic rings. The second kappa shape index (κ2) is 3.56. The Hall–Kier alpha value is -0.520. The van der Waals surface area contributed by atoms with Crippen LogP contribution in [0.2, 0.25) is 5.15 Å². The van der Waals surface area contributed by atoms with E-state index in [4.69, 9.17) is 17.3 Å². The number of nitrogens with one attached hydrogen (secondary N) is 1. The molecule has 1 aromatic heterocycles. The third-order valence-corrected chi connectivity index (χ3v) is 3.70. The van der Waals surface area contributed by atoms with Crippen LogP contribution >= 0.6 is 27.5 Å². The number of primary amides is 1. The first-order chi connectivity index (χ1) is 6.63. The van der Waals surface area contributed by atoms with Gasteiger partial charge in [-0.05, 0) is 15.9 Å². The van der Waals surface area contributed by atoms with Crippen molar-refractivity contribution in [2.75, 3.05) is 6.54 Å². The second-order valence-electron chi connectivity index (χ2n) is 3.12. The van der Waals surface area contributed by atoms with Crippen molar-refractivity contribution < 1.29 is 4.79 Å². The van der Waals surface area contributed by atoms with Crippen LogP contribution < -0.4 is 11.1 Å². The fourth-order valence-electron chi connectivity index (χ4n) is 1.67. The van der Waals surface area contributed by atoms with Gasteiger partial charge in [-0.1, -0.05) is 11.6 Å². The minimum Gasteiger partial charge on any atom is -0.366 e. The summed E-state index contributed by atoms with van der Waals surface area (Å²) >= 11 is 9.34. The van der Waals surface area contributed by atoms with E-state index in [0.717, 1.165) is 18.8 Å². The number of halogens is 2. The Morgan fingerprint density at radius 1 is 1.64 bits per heavy atom. The van der Waals surface area contributed by atoms with Crippen LogP contribution in [0.1, 0.15) is 16.1 Å². The lowest BCUT2D eigenvalue weighted by atomic mass is 10.2. The van der Waals surface area contributed by atoms with Gasteiger partial charge in [-0.3, -0.25) is 4.79 Å². The molecular weight excluding hydrogens is 269 g/mol. The molecule has 14 heavy (non-hydrogen) atoms. The fourth-order valence-corrected chi connectivity index (χ4v) is 2.59. The summed E-state index contributed by atoms with van der Waals surface area (Å²) < 4.78 is 2.51. The first kappa shape index (κ1) is 10.0. The van der Waals surface area contributed by atoms with Crippen molar-refractivity contribution in [2.24, 2.45) is 5.73 Å². The number of nitrogens with zero attached hydrogens (tertiary/aromatic N) is 1. The van der Waals surface area contributed by atoms with E-state index in [2.05, 4.69) is 21.2 Å². The van der Waals surface area contributed by atoms with Crippen molar-refractivity contribution in [3.63, 3.8) is 0 Å². The maximum atomic E-state index is 11.2. The van der Waals surface area contributed by atoms with Gasteiger partial charge in [-0.15, -0.1) is 0 Å². The van der Waals surface area contributed by atoms with Gasteiger partial charge in [0.1, 0.15) is 5.15 Å². The Balaban J connectivity index is 2.65. The predicted molar refractivity (Wildman–Crippen MR) is 57.4 cm³/mol. The largest absolute Gasteiger partial charge is 0.366 e. The summed E-state index contributed by atoms with van der Waals surface area (Å²) in [5, 5.41) is 3.72. The number of nitrogens with two attached hydrogens (primary N) is 1. The van der Waals surface area contributed by atoms with E-state index in [0.29, 0.717) is 21.7 Å². The average Bonchev–Trinajstić information content (AvgIpc) is 2.41. The normalized spacial score (nSPS) is 15.3. The first-order valence-corrected chi connectivity index (χ1v) is 5.37. The molecule has 0 radical (unpaired) electrons. The highest BCUT2D eigenvalue weighted by atomic mass is 79.9. The van der Waals surface area contributed by atoms with E-state index in [1.807, 2.05) is 4.57 Å². The number of fused-ring (bicyclic) bond motifs is 1. The monoisotopic (exact) mass is 277 g/mol. The third kappa shape index (κ3) is 1.36. The van der Waals surface area contributed by atoms with E-state index in [9.17, 15) is 4.79 Å². The van der Waals surface area contributed by atoms with E-state index < -0.39 is 5.91 Å². The molecule has 0 fully saturated rings. The lowest BCUT2D eigenvalue weighted by molar-refractivity contribution is 0.0998. The lowest BCUT2D eigenvalue weighted by Gasteiger charge is -2.17. The molecule has 6 heteroatoms. The molecule has 0 bridgehead atoms. The Bertz CT molecular complexity index is 402. The Morgan fingerprint density at radius 3 is 3.00 bits per heavy atom. The van der Waals surface area contributed by atoms with Gasteiger partial charge in [-0.2, -0.15) is 0 Å². The van der Waals surface area contributed by atoms with Crippen LogP contribution in [0.4, 0.5) is 0 Å². The van der Waals surface area contributed by atoms with Crippen molar-refractivity contribution in [3.05, 3.63) is 20.9 Å². The van der Waals surface area contributed by atoms with Gasteiger partial charge in [0, 0.05) is 25.3 Å². The van der Waals surface area contributed by atoms with E-state index in [1.165, 1.54) is 0 Å². The van der Waals surface area contributed by atoms with Crippen molar-refractivity contribution in [2.45, 2.75) is 13.1 Å². The van der Waals surface area contributed by atoms with Gasteiger partial charge in [0.2, 0.25) is 0 Å². The number of rotatable bonds is 1. The summed E-state index contributed by atoms with van der Waals surface area (Å²) in [4.78, 5) is 11.2. The van der Waals surface area contributed by atoms with E-state index >= 15 is 0 Å². The van der Waals surface area contributed by atoms with Crippen LogP contribution in [0.5, 0.6) is 0 Å². The van der Waals surface area contributed by atoms with Crippen LogP contribution in [0.25, 0.3) is 0 Å².